The lowest BCUT2D eigenvalue weighted by Gasteiger charge is -2.13. The van der Waals surface area contributed by atoms with Gasteiger partial charge in [-0.15, -0.1) is 0 Å². The average Bonchev–Trinajstić information content (AvgIpc) is 2.60. The van der Waals surface area contributed by atoms with Crippen LogP contribution in [-0.2, 0) is 17.3 Å². The third-order valence-corrected chi connectivity index (χ3v) is 3.58. The zero-order chi connectivity index (χ0) is 19.2. The van der Waals surface area contributed by atoms with Crippen molar-refractivity contribution in [3.8, 4) is 0 Å². The number of aryl methyl sites for hydroxylation is 1. The summed E-state index contributed by atoms with van der Waals surface area (Å²) < 4.78 is 44.3. The van der Waals surface area contributed by atoms with Crippen LogP contribution in [0.5, 0.6) is 0 Å². The van der Waals surface area contributed by atoms with E-state index in [0.29, 0.717) is 5.69 Å². The topological polar surface area (TPSA) is 64.1 Å². The number of aromatic nitrogens is 2. The molecular formula is C18H20F3N3O2. The van der Waals surface area contributed by atoms with Crippen LogP contribution in [-0.4, -0.2) is 22.5 Å². The molecule has 0 aliphatic heterocycles. The van der Waals surface area contributed by atoms with Crippen LogP contribution in [0.25, 0.3) is 0 Å². The van der Waals surface area contributed by atoms with Crippen LogP contribution in [0.3, 0.4) is 0 Å². The van der Waals surface area contributed by atoms with E-state index < -0.39 is 23.4 Å². The summed E-state index contributed by atoms with van der Waals surface area (Å²) in [6.07, 6.45) is -0.877. The quantitative estimate of drug-likeness (QED) is 0.715. The van der Waals surface area contributed by atoms with E-state index in [1.165, 1.54) is 6.92 Å². The first kappa shape index (κ1) is 19.7. The number of anilines is 2. The predicted molar refractivity (Wildman–Crippen MR) is 91.3 cm³/mol. The Balaban J connectivity index is 2.23. The summed E-state index contributed by atoms with van der Waals surface area (Å²) in [6, 6.07) is 7.30. The van der Waals surface area contributed by atoms with Crippen molar-refractivity contribution in [2.45, 2.75) is 39.3 Å². The molecule has 1 heterocycles. The minimum Gasteiger partial charge on any atom is -0.462 e. The molecule has 0 aliphatic rings. The van der Waals surface area contributed by atoms with Crippen LogP contribution in [0.1, 0.15) is 48.3 Å². The molecule has 0 radical (unpaired) electrons. The number of nitrogens with one attached hydrogen (secondary N) is 1. The highest BCUT2D eigenvalue weighted by Gasteiger charge is 2.38. The Morgan fingerprint density at radius 2 is 1.88 bits per heavy atom. The van der Waals surface area contributed by atoms with Gasteiger partial charge < -0.3 is 10.1 Å². The summed E-state index contributed by atoms with van der Waals surface area (Å²) in [5.41, 5.74) is -0.331. The number of hydrogen-bond donors (Lipinski definition) is 1. The van der Waals surface area contributed by atoms with Crippen molar-refractivity contribution in [1.29, 1.82) is 0 Å². The van der Waals surface area contributed by atoms with Crippen molar-refractivity contribution in [1.82, 2.24) is 9.97 Å². The second kappa shape index (κ2) is 8.64. The third-order valence-electron chi connectivity index (χ3n) is 3.58. The summed E-state index contributed by atoms with van der Waals surface area (Å²) in [5.74, 6) is -1.35. The molecule has 0 saturated carbocycles. The molecule has 1 aromatic heterocycles. The molecule has 0 bridgehead atoms. The number of rotatable bonds is 7. The van der Waals surface area contributed by atoms with Gasteiger partial charge in [0.05, 0.1) is 6.61 Å². The van der Waals surface area contributed by atoms with Gasteiger partial charge in [-0.25, -0.2) is 14.8 Å². The smallest absolute Gasteiger partial charge is 0.434 e. The summed E-state index contributed by atoms with van der Waals surface area (Å²) in [7, 11) is 0. The van der Waals surface area contributed by atoms with Gasteiger partial charge in [0.15, 0.2) is 5.69 Å². The highest BCUT2D eigenvalue weighted by Crippen LogP contribution is 2.31. The number of carbonyl (C=O) groups excluding carboxylic acids is 1. The van der Waals surface area contributed by atoms with Gasteiger partial charge in [-0.05, 0) is 37.5 Å². The molecule has 1 N–H and O–H groups in total. The fraction of sp³-hybridized carbons (Fsp3) is 0.389. The van der Waals surface area contributed by atoms with Crippen LogP contribution < -0.4 is 5.32 Å². The number of benzene rings is 1. The molecule has 2 aromatic rings. The maximum atomic E-state index is 13.2. The zero-order valence-electron chi connectivity index (χ0n) is 14.6. The molecule has 26 heavy (non-hydrogen) atoms. The summed E-state index contributed by atoms with van der Waals surface area (Å²) in [5, 5.41) is 2.72. The molecular weight excluding hydrogens is 347 g/mol. The molecule has 1 aromatic carbocycles. The average molecular weight is 367 g/mol. The third kappa shape index (κ3) is 5.18. The number of nitrogens with zero attached hydrogens (tertiary/aromatic N) is 2. The molecule has 0 atom stereocenters. The van der Waals surface area contributed by atoms with Crippen molar-refractivity contribution in [3.05, 3.63) is 47.3 Å². The Labute approximate surface area is 149 Å². The largest absolute Gasteiger partial charge is 0.462 e. The highest BCUT2D eigenvalue weighted by atomic mass is 19.4. The number of hydrogen-bond acceptors (Lipinski definition) is 5. The molecule has 0 fully saturated rings. The predicted octanol–water partition coefficient (Wildman–Crippen LogP) is 4.76. The van der Waals surface area contributed by atoms with E-state index >= 15 is 0 Å². The lowest BCUT2D eigenvalue weighted by atomic mass is 10.1. The molecule has 0 saturated heterocycles. The second-order valence-corrected chi connectivity index (χ2v) is 5.60. The highest BCUT2D eigenvalue weighted by molar-refractivity contribution is 5.90. The summed E-state index contributed by atoms with van der Waals surface area (Å²) in [4.78, 5) is 18.9. The van der Waals surface area contributed by atoms with Gasteiger partial charge in [-0.2, -0.15) is 13.2 Å². The van der Waals surface area contributed by atoms with Crippen molar-refractivity contribution in [2.24, 2.45) is 0 Å². The van der Waals surface area contributed by atoms with Gasteiger partial charge in [0.1, 0.15) is 5.56 Å². The number of esters is 1. The van der Waals surface area contributed by atoms with Gasteiger partial charge in [-0.3, -0.25) is 0 Å². The van der Waals surface area contributed by atoms with E-state index in [4.69, 9.17) is 0 Å². The van der Waals surface area contributed by atoms with Crippen LogP contribution in [0.15, 0.2) is 30.5 Å². The van der Waals surface area contributed by atoms with E-state index in [1.807, 2.05) is 12.1 Å². The first-order valence-corrected chi connectivity index (χ1v) is 8.32. The monoisotopic (exact) mass is 367 g/mol. The molecule has 8 heteroatoms. The van der Waals surface area contributed by atoms with Crippen molar-refractivity contribution < 1.29 is 22.7 Å². The van der Waals surface area contributed by atoms with Gasteiger partial charge >= 0.3 is 12.1 Å². The number of ether oxygens (including phenoxy) is 1. The minimum atomic E-state index is -4.80. The van der Waals surface area contributed by atoms with E-state index in [-0.39, 0.29) is 12.6 Å². The maximum absolute atomic E-state index is 13.2. The Kier molecular flexibility index (Phi) is 6.54. The van der Waals surface area contributed by atoms with Crippen molar-refractivity contribution in [2.75, 3.05) is 11.9 Å². The lowest BCUT2D eigenvalue weighted by Crippen LogP contribution is -2.19. The molecule has 0 aliphatic carbocycles. The summed E-state index contributed by atoms with van der Waals surface area (Å²) >= 11 is 0. The maximum Gasteiger partial charge on any atom is 0.434 e. The van der Waals surface area contributed by atoms with E-state index in [0.717, 1.165) is 31.0 Å². The van der Waals surface area contributed by atoms with E-state index in [1.54, 1.807) is 12.1 Å². The molecule has 0 spiro atoms. The molecule has 2 rings (SSSR count). The Morgan fingerprint density at radius 1 is 1.19 bits per heavy atom. The van der Waals surface area contributed by atoms with E-state index in [9.17, 15) is 18.0 Å². The number of alkyl halides is 3. The van der Waals surface area contributed by atoms with Crippen LogP contribution in [0.2, 0.25) is 0 Å². The molecule has 5 nitrogen and oxygen atoms in total. The number of halogens is 3. The molecule has 0 unspecified atom stereocenters. The molecule has 140 valence electrons. The fourth-order valence-corrected chi connectivity index (χ4v) is 2.28. The Morgan fingerprint density at radius 3 is 2.46 bits per heavy atom. The number of unbranched alkanes of at least 4 members (excludes halogenated alkanes) is 1. The number of carbonyl (C=O) groups is 1. The minimum absolute atomic E-state index is 0.0412. The van der Waals surface area contributed by atoms with Gasteiger partial charge in [0, 0.05) is 11.9 Å². The fourth-order valence-electron chi connectivity index (χ4n) is 2.28. The second-order valence-electron chi connectivity index (χ2n) is 5.60. The van der Waals surface area contributed by atoms with Crippen LogP contribution >= 0.6 is 0 Å². The first-order chi connectivity index (χ1) is 12.3. The normalized spacial score (nSPS) is 11.3. The van der Waals surface area contributed by atoms with Crippen molar-refractivity contribution >= 4 is 17.6 Å². The Bertz CT molecular complexity index is 746. The molecule has 0 amide bonds. The SMILES string of the molecule is CCCCc1ccc(Nc2ncc(C(=O)OCC)c(C(F)(F)F)n2)cc1. The van der Waals surface area contributed by atoms with Gasteiger partial charge in [0.2, 0.25) is 5.95 Å². The van der Waals surface area contributed by atoms with Gasteiger partial charge in [-0.1, -0.05) is 25.5 Å². The Hall–Kier alpha value is -2.64. The lowest BCUT2D eigenvalue weighted by molar-refractivity contribution is -0.141. The summed E-state index contributed by atoms with van der Waals surface area (Å²) in [6.45, 7) is 3.57. The van der Waals surface area contributed by atoms with Crippen LogP contribution in [0, 0.1) is 0 Å². The van der Waals surface area contributed by atoms with Crippen molar-refractivity contribution in [3.63, 3.8) is 0 Å². The standard InChI is InChI=1S/C18H20F3N3O2/c1-3-5-6-12-7-9-13(10-8-12)23-17-22-11-14(16(25)26-4-2)15(24-17)18(19,20)21/h7-11H,3-6H2,1-2H3,(H,22,23,24). The van der Waals surface area contributed by atoms with E-state index in [2.05, 4.69) is 26.9 Å². The van der Waals surface area contributed by atoms with Crippen LogP contribution in [0.4, 0.5) is 24.8 Å². The first-order valence-electron chi connectivity index (χ1n) is 8.32. The van der Waals surface area contributed by atoms with Gasteiger partial charge in [0.25, 0.3) is 0 Å². The zero-order valence-corrected chi connectivity index (χ0v) is 14.6.